The van der Waals surface area contributed by atoms with Gasteiger partial charge in [0.2, 0.25) is 5.91 Å². The molecule has 0 saturated carbocycles. The van der Waals surface area contributed by atoms with Crippen LogP contribution in [0.2, 0.25) is 0 Å². The number of rotatable bonds is 58. The number of nitrogens with one attached hydrogen (secondary N) is 1. The number of quaternary nitrogens is 1. The van der Waals surface area contributed by atoms with Gasteiger partial charge in [-0.15, -0.1) is 0 Å². The summed E-state index contributed by atoms with van der Waals surface area (Å²) >= 11 is 0. The summed E-state index contributed by atoms with van der Waals surface area (Å²) in [5.41, 5.74) is 0. The molecule has 0 bridgehead atoms. The lowest BCUT2D eigenvalue weighted by Gasteiger charge is -2.30. The number of unbranched alkanes of at least 4 members (excludes halogenated alkanes) is 28. The molecule has 3 unspecified atom stereocenters. The maximum atomic E-state index is 13.6. The summed E-state index contributed by atoms with van der Waals surface area (Å²) in [6.07, 6.45) is 78.2. The van der Waals surface area contributed by atoms with Gasteiger partial charge in [-0.1, -0.05) is 266 Å². The molecule has 0 aliphatic rings. The van der Waals surface area contributed by atoms with Gasteiger partial charge in [0.25, 0.3) is 7.82 Å². The van der Waals surface area contributed by atoms with Gasteiger partial charge in [-0.3, -0.25) is 14.2 Å². The van der Waals surface area contributed by atoms with Crippen molar-refractivity contribution in [2.24, 2.45) is 0 Å². The van der Waals surface area contributed by atoms with E-state index in [9.17, 15) is 19.0 Å². The second kappa shape index (κ2) is 58.1. The molecule has 1 amide bonds. The van der Waals surface area contributed by atoms with Gasteiger partial charge in [0.05, 0.1) is 33.8 Å². The molecule has 0 spiro atoms. The summed E-state index contributed by atoms with van der Waals surface area (Å²) in [7, 11) is 1.15. The second-order valence-electron chi connectivity index (χ2n) is 22.9. The first-order valence-electron chi connectivity index (χ1n) is 32.5. The van der Waals surface area contributed by atoms with E-state index in [0.717, 1.165) is 96.3 Å². The Morgan fingerprint density at radius 3 is 1.24 bits per heavy atom. The molecule has 456 valence electrons. The van der Waals surface area contributed by atoms with Crippen LogP contribution < -0.4 is 10.2 Å². The van der Waals surface area contributed by atoms with Crippen LogP contribution >= 0.6 is 7.82 Å². The molecule has 0 rings (SSSR count). The summed E-state index contributed by atoms with van der Waals surface area (Å²) in [6, 6.07) is -0.917. The number of amides is 1. The molecular formula is C69H123N2O7P. The third-order valence-corrected chi connectivity index (χ3v) is 15.0. The van der Waals surface area contributed by atoms with Crippen molar-refractivity contribution >= 4 is 19.7 Å². The minimum Gasteiger partial charge on any atom is -0.756 e. The Bertz CT molecular complexity index is 1670. The van der Waals surface area contributed by atoms with Crippen LogP contribution in [0, 0.1) is 0 Å². The lowest BCUT2D eigenvalue weighted by atomic mass is 10.0. The molecule has 0 aromatic carbocycles. The van der Waals surface area contributed by atoms with Crippen molar-refractivity contribution in [2.75, 3.05) is 40.9 Å². The van der Waals surface area contributed by atoms with Crippen molar-refractivity contribution in [2.45, 2.75) is 290 Å². The topological polar surface area (TPSA) is 114 Å². The number of ether oxygens (including phenoxy) is 1. The van der Waals surface area contributed by atoms with Gasteiger partial charge >= 0.3 is 5.97 Å². The zero-order valence-corrected chi connectivity index (χ0v) is 52.9. The normalized spacial score (nSPS) is 14.3. The Morgan fingerprint density at radius 2 is 0.823 bits per heavy atom. The van der Waals surface area contributed by atoms with Crippen LogP contribution in [-0.4, -0.2) is 69.4 Å². The quantitative estimate of drug-likeness (QED) is 0.0212. The van der Waals surface area contributed by atoms with Crippen LogP contribution in [-0.2, 0) is 27.9 Å². The van der Waals surface area contributed by atoms with E-state index in [-0.39, 0.29) is 18.9 Å². The van der Waals surface area contributed by atoms with E-state index in [2.05, 4.69) is 105 Å². The van der Waals surface area contributed by atoms with Crippen molar-refractivity contribution < 1.29 is 37.3 Å². The Kier molecular flexibility index (Phi) is 55.9. The van der Waals surface area contributed by atoms with Gasteiger partial charge in [-0.25, -0.2) is 0 Å². The summed E-state index contributed by atoms with van der Waals surface area (Å²) in [5.74, 6) is -0.623. The Hall–Kier alpha value is -3.07. The minimum absolute atomic E-state index is 0.0337. The van der Waals surface area contributed by atoms with Gasteiger partial charge in [0.1, 0.15) is 19.3 Å². The third-order valence-electron chi connectivity index (χ3n) is 14.0. The van der Waals surface area contributed by atoms with Crippen molar-refractivity contribution in [1.82, 2.24) is 5.32 Å². The van der Waals surface area contributed by atoms with E-state index in [1.165, 1.54) is 141 Å². The highest BCUT2D eigenvalue weighted by atomic mass is 31.2. The Balaban J connectivity index is 5.14. The molecule has 0 fully saturated rings. The predicted molar refractivity (Wildman–Crippen MR) is 339 cm³/mol. The number of allylic oxidation sites excluding steroid dienone is 15. The summed E-state index contributed by atoms with van der Waals surface area (Å²) in [5, 5.41) is 3.02. The van der Waals surface area contributed by atoms with Gasteiger partial charge in [-0.2, -0.15) is 0 Å². The second-order valence-corrected chi connectivity index (χ2v) is 24.3. The molecule has 9 nitrogen and oxygen atoms in total. The molecular weight excluding hydrogens is 1000 g/mol. The molecule has 0 radical (unpaired) electrons. The average Bonchev–Trinajstić information content (AvgIpc) is 3.41. The van der Waals surface area contributed by atoms with Crippen molar-refractivity contribution in [3.05, 3.63) is 97.2 Å². The molecule has 10 heteroatoms. The molecule has 0 aromatic rings. The molecule has 0 saturated heterocycles. The lowest BCUT2D eigenvalue weighted by molar-refractivity contribution is -0.870. The molecule has 0 aromatic heterocycles. The number of carbonyl (C=O) groups excluding carboxylic acids is 2. The van der Waals surface area contributed by atoms with Gasteiger partial charge in [0.15, 0.2) is 0 Å². The highest BCUT2D eigenvalue weighted by Gasteiger charge is 2.27. The molecule has 1 N–H and O–H groups in total. The Morgan fingerprint density at radius 1 is 0.456 bits per heavy atom. The first-order valence-corrected chi connectivity index (χ1v) is 34.0. The van der Waals surface area contributed by atoms with E-state index in [1.54, 1.807) is 0 Å². The Labute approximate surface area is 488 Å². The monoisotopic (exact) mass is 1120 g/mol. The van der Waals surface area contributed by atoms with Crippen LogP contribution in [0.5, 0.6) is 0 Å². The molecule has 3 atom stereocenters. The summed E-state index contributed by atoms with van der Waals surface area (Å²) in [4.78, 5) is 40.0. The molecule has 0 heterocycles. The van der Waals surface area contributed by atoms with Gasteiger partial charge < -0.3 is 28.5 Å². The summed E-state index contributed by atoms with van der Waals surface area (Å²) in [6.45, 7) is 6.69. The standard InChI is InChI=1S/C69H123N2O7P/c1-7-10-13-16-19-22-25-28-29-30-31-32-33-34-35-36-37-38-39-40-41-44-46-49-52-55-58-61-68(72)70-66(65-77-79(74,75)76-64-63-71(4,5)6)67(60-57-54-51-48-45-42-26-23-20-17-14-11-8-2)78-69(73)62-59-56-53-50-47-43-27-24-21-18-15-12-9-3/h10,13,19,22,28-29,31-32,34-35,43,47,53,56-57,60,66-67H,7-9,11-12,14-18,20-21,23-27,30,33,36-42,44-46,48-52,54-55,58-59,61-65H2,1-6H3,(H-,70,72,74,75)/b13-10-,22-19-,29-28-,32-31-,35-34-,47-43-,56-53+,60-57-. The van der Waals surface area contributed by atoms with Crippen LogP contribution in [0.1, 0.15) is 278 Å². The van der Waals surface area contributed by atoms with Crippen molar-refractivity contribution in [3.63, 3.8) is 0 Å². The van der Waals surface area contributed by atoms with E-state index in [0.29, 0.717) is 23.9 Å². The van der Waals surface area contributed by atoms with Crippen LogP contribution in [0.4, 0.5) is 0 Å². The number of phosphoric ester groups is 1. The third kappa shape index (κ3) is 59.4. The van der Waals surface area contributed by atoms with Gasteiger partial charge in [-0.05, 0) is 96.0 Å². The SMILES string of the molecule is CC/C=C\C/C=C\C/C=C\C/C=C\C/C=C\CCCCCCCCCCCCCC(=O)NC(COP(=O)([O-])OCC[N+](C)(C)C)C(/C=C\CCCCCCCCCCCCC)OC(=O)CC/C=C/C/C=C\CCCCCCCC. The van der Waals surface area contributed by atoms with Crippen LogP contribution in [0.3, 0.4) is 0 Å². The smallest absolute Gasteiger partial charge is 0.306 e. The molecule has 0 aliphatic heterocycles. The first kappa shape index (κ1) is 75.9. The number of nitrogens with zero attached hydrogens (tertiary/aromatic N) is 1. The number of likely N-dealkylation sites (N-methyl/N-ethyl adjacent to an activating group) is 1. The van der Waals surface area contributed by atoms with Crippen LogP contribution in [0.15, 0.2) is 97.2 Å². The van der Waals surface area contributed by atoms with Gasteiger partial charge in [0, 0.05) is 12.8 Å². The maximum absolute atomic E-state index is 13.6. The van der Waals surface area contributed by atoms with E-state index in [1.807, 2.05) is 39.4 Å². The van der Waals surface area contributed by atoms with Crippen molar-refractivity contribution in [1.29, 1.82) is 0 Å². The average molecular weight is 1120 g/mol. The fourth-order valence-corrected chi connectivity index (χ4v) is 9.74. The fourth-order valence-electron chi connectivity index (χ4n) is 9.01. The van der Waals surface area contributed by atoms with E-state index < -0.39 is 32.5 Å². The summed E-state index contributed by atoms with van der Waals surface area (Å²) < 4.78 is 30.3. The van der Waals surface area contributed by atoms with Crippen molar-refractivity contribution in [3.8, 4) is 0 Å². The number of esters is 1. The number of phosphoric acid groups is 1. The first-order chi connectivity index (χ1) is 38.4. The highest BCUT2D eigenvalue weighted by Crippen LogP contribution is 2.38. The fraction of sp³-hybridized carbons (Fsp3) is 0.739. The number of carbonyl (C=O) groups is 2. The predicted octanol–water partition coefficient (Wildman–Crippen LogP) is 19.7. The largest absolute Gasteiger partial charge is 0.756 e. The number of hydrogen-bond donors (Lipinski definition) is 1. The van der Waals surface area contributed by atoms with E-state index in [4.69, 9.17) is 13.8 Å². The van der Waals surface area contributed by atoms with E-state index >= 15 is 0 Å². The highest BCUT2D eigenvalue weighted by molar-refractivity contribution is 7.45. The minimum atomic E-state index is -4.72. The zero-order valence-electron chi connectivity index (χ0n) is 52.1. The maximum Gasteiger partial charge on any atom is 0.306 e. The molecule has 0 aliphatic carbocycles. The lowest BCUT2D eigenvalue weighted by Crippen LogP contribution is -2.47. The number of hydrogen-bond acceptors (Lipinski definition) is 7. The van der Waals surface area contributed by atoms with Crippen LogP contribution in [0.25, 0.3) is 0 Å². The zero-order chi connectivity index (χ0) is 57.9. The molecule has 79 heavy (non-hydrogen) atoms.